The fourth-order valence-corrected chi connectivity index (χ4v) is 5.32. The average molecular weight is 500 g/mol. The van der Waals surface area contributed by atoms with Crippen molar-refractivity contribution in [2.75, 3.05) is 40.4 Å². The second-order valence-electron chi connectivity index (χ2n) is 9.48. The number of halogens is 1. The largest absolute Gasteiger partial charge is 0.497 e. The van der Waals surface area contributed by atoms with Crippen molar-refractivity contribution in [3.05, 3.63) is 64.7 Å². The van der Waals surface area contributed by atoms with Crippen molar-refractivity contribution in [2.24, 2.45) is 5.41 Å². The number of hydrogen-bond donors (Lipinski definition) is 1. The number of alkyl carbamates (subject to hydrolysis) is 1. The number of benzene rings is 2. The molecule has 0 aromatic heterocycles. The molecule has 7 nitrogen and oxygen atoms in total. The van der Waals surface area contributed by atoms with E-state index in [4.69, 9.17) is 21.1 Å². The van der Waals surface area contributed by atoms with Crippen molar-refractivity contribution in [3.63, 3.8) is 0 Å². The lowest BCUT2D eigenvalue weighted by Gasteiger charge is -2.38. The molecule has 2 fully saturated rings. The van der Waals surface area contributed by atoms with Crippen LogP contribution in [0.4, 0.5) is 4.79 Å². The van der Waals surface area contributed by atoms with Gasteiger partial charge in [-0.3, -0.25) is 4.79 Å². The van der Waals surface area contributed by atoms with Gasteiger partial charge in [-0.25, -0.2) is 4.79 Å². The Hall–Kier alpha value is -2.77. The Morgan fingerprint density at radius 2 is 1.69 bits per heavy atom. The molecule has 35 heavy (non-hydrogen) atoms. The van der Waals surface area contributed by atoms with Gasteiger partial charge in [-0.05, 0) is 74.2 Å². The standard InChI is InChI=1S/C27H34ClN3O4/c1-34-23-9-3-20(4-10-23)19-31-18-14-27(25(31)32)12-16-30(17-13-27)15-11-24(29-26(33)35-2)21-5-7-22(28)8-6-21/h3-10,24H,11-19H2,1-2H3,(H,29,33). The molecule has 2 saturated heterocycles. The summed E-state index contributed by atoms with van der Waals surface area (Å²) < 4.78 is 10.1. The smallest absolute Gasteiger partial charge is 0.407 e. The van der Waals surface area contributed by atoms with Crippen LogP contribution in [0.1, 0.15) is 42.9 Å². The Morgan fingerprint density at radius 3 is 2.31 bits per heavy atom. The molecule has 8 heteroatoms. The van der Waals surface area contributed by atoms with Gasteiger partial charge in [0.1, 0.15) is 5.75 Å². The van der Waals surface area contributed by atoms with Crippen molar-refractivity contribution in [2.45, 2.75) is 38.3 Å². The molecule has 0 aliphatic carbocycles. The molecule has 1 atom stereocenters. The highest BCUT2D eigenvalue weighted by atomic mass is 35.5. The van der Waals surface area contributed by atoms with Gasteiger partial charge >= 0.3 is 6.09 Å². The molecular weight excluding hydrogens is 466 g/mol. The van der Waals surface area contributed by atoms with E-state index >= 15 is 0 Å². The lowest BCUT2D eigenvalue weighted by atomic mass is 9.77. The molecule has 2 amide bonds. The van der Waals surface area contributed by atoms with Crippen LogP contribution in [-0.2, 0) is 16.1 Å². The number of carbonyl (C=O) groups excluding carboxylic acids is 2. The second kappa shape index (κ2) is 11.3. The van der Waals surface area contributed by atoms with Gasteiger partial charge in [-0.2, -0.15) is 0 Å². The van der Waals surface area contributed by atoms with Crippen LogP contribution < -0.4 is 10.1 Å². The molecule has 1 spiro atoms. The van der Waals surface area contributed by atoms with Gasteiger partial charge in [0.25, 0.3) is 0 Å². The molecular formula is C27H34ClN3O4. The summed E-state index contributed by atoms with van der Waals surface area (Å²) in [5, 5.41) is 3.60. The van der Waals surface area contributed by atoms with Crippen LogP contribution >= 0.6 is 11.6 Å². The lowest BCUT2D eigenvalue weighted by Crippen LogP contribution is -2.45. The first-order valence-electron chi connectivity index (χ1n) is 12.2. The van der Waals surface area contributed by atoms with Crippen LogP contribution in [0.5, 0.6) is 5.75 Å². The number of rotatable bonds is 8. The third-order valence-corrected chi connectivity index (χ3v) is 7.68. The Bertz CT molecular complexity index is 1000. The number of nitrogens with one attached hydrogen (secondary N) is 1. The van der Waals surface area contributed by atoms with E-state index < -0.39 is 6.09 Å². The monoisotopic (exact) mass is 499 g/mol. The molecule has 0 radical (unpaired) electrons. The van der Waals surface area contributed by atoms with Crippen molar-refractivity contribution in [1.29, 1.82) is 0 Å². The number of hydrogen-bond acceptors (Lipinski definition) is 5. The van der Waals surface area contributed by atoms with Crippen molar-refractivity contribution < 1.29 is 19.1 Å². The molecule has 188 valence electrons. The van der Waals surface area contributed by atoms with Gasteiger partial charge in [-0.1, -0.05) is 35.9 Å². The van der Waals surface area contributed by atoms with Crippen LogP contribution in [0.15, 0.2) is 48.5 Å². The summed E-state index contributed by atoms with van der Waals surface area (Å²) in [6.07, 6.45) is 2.98. The van der Waals surface area contributed by atoms with Crippen molar-refractivity contribution in [1.82, 2.24) is 15.1 Å². The minimum absolute atomic E-state index is 0.163. The molecule has 0 bridgehead atoms. The first kappa shape index (κ1) is 25.3. The summed E-state index contributed by atoms with van der Waals surface area (Å²) in [6, 6.07) is 15.3. The molecule has 2 aliphatic rings. The van der Waals surface area contributed by atoms with E-state index in [1.807, 2.05) is 53.4 Å². The first-order chi connectivity index (χ1) is 16.9. The van der Waals surface area contributed by atoms with Crippen molar-refractivity contribution in [3.8, 4) is 5.75 Å². The minimum Gasteiger partial charge on any atom is -0.497 e. The van der Waals surface area contributed by atoms with E-state index in [0.29, 0.717) is 17.5 Å². The zero-order valence-corrected chi connectivity index (χ0v) is 21.2. The maximum atomic E-state index is 13.4. The first-order valence-corrected chi connectivity index (χ1v) is 12.5. The number of carbonyl (C=O) groups is 2. The number of amides is 2. The van der Waals surface area contributed by atoms with Gasteiger partial charge in [0.2, 0.25) is 5.91 Å². The van der Waals surface area contributed by atoms with Crippen LogP contribution in [0.2, 0.25) is 5.02 Å². The SMILES string of the molecule is COC(=O)NC(CCN1CCC2(CC1)CCN(Cc1ccc(OC)cc1)C2=O)c1ccc(Cl)cc1. The Balaban J connectivity index is 1.30. The number of ether oxygens (including phenoxy) is 2. The molecule has 2 aromatic carbocycles. The minimum atomic E-state index is -0.448. The van der Waals surface area contributed by atoms with E-state index in [9.17, 15) is 9.59 Å². The molecule has 2 heterocycles. The summed E-state index contributed by atoms with van der Waals surface area (Å²) in [5.74, 6) is 1.12. The highest BCUT2D eigenvalue weighted by Crippen LogP contribution is 2.42. The summed E-state index contributed by atoms with van der Waals surface area (Å²) in [5.41, 5.74) is 1.89. The number of methoxy groups -OCH3 is 2. The lowest BCUT2D eigenvalue weighted by molar-refractivity contribution is -0.138. The topological polar surface area (TPSA) is 71.1 Å². The molecule has 2 aromatic rings. The van der Waals surface area contributed by atoms with Gasteiger partial charge in [0.15, 0.2) is 0 Å². The van der Waals surface area contributed by atoms with E-state index in [1.54, 1.807) is 7.11 Å². The highest BCUT2D eigenvalue weighted by Gasteiger charge is 2.47. The third kappa shape index (κ3) is 6.08. The van der Waals surface area contributed by atoms with Crippen LogP contribution in [0.3, 0.4) is 0 Å². The third-order valence-electron chi connectivity index (χ3n) is 7.43. The van der Waals surface area contributed by atoms with Crippen LogP contribution in [0, 0.1) is 5.41 Å². The zero-order chi connectivity index (χ0) is 24.8. The van der Waals surface area contributed by atoms with Gasteiger partial charge in [0.05, 0.1) is 25.7 Å². The average Bonchev–Trinajstić information content (AvgIpc) is 3.18. The summed E-state index contributed by atoms with van der Waals surface area (Å²) in [7, 11) is 3.03. The predicted molar refractivity (Wildman–Crippen MR) is 135 cm³/mol. The molecule has 4 rings (SSSR count). The fourth-order valence-electron chi connectivity index (χ4n) is 5.19. The summed E-state index contributed by atoms with van der Waals surface area (Å²) in [6.45, 7) is 4.06. The number of nitrogens with zero attached hydrogens (tertiary/aromatic N) is 2. The predicted octanol–water partition coefficient (Wildman–Crippen LogP) is 4.65. The maximum absolute atomic E-state index is 13.4. The van der Waals surface area contributed by atoms with Crippen molar-refractivity contribution >= 4 is 23.6 Å². The molecule has 1 N–H and O–H groups in total. The van der Waals surface area contributed by atoms with Crippen LogP contribution in [0.25, 0.3) is 0 Å². The van der Waals surface area contributed by atoms with E-state index in [-0.39, 0.29) is 11.5 Å². The normalized spacial score (nSPS) is 18.5. The second-order valence-corrected chi connectivity index (χ2v) is 9.91. The molecule has 2 aliphatic heterocycles. The van der Waals surface area contributed by atoms with Crippen LogP contribution in [-0.4, -0.2) is 62.2 Å². The summed E-state index contributed by atoms with van der Waals surface area (Å²) in [4.78, 5) is 29.7. The van der Waals surface area contributed by atoms with E-state index in [2.05, 4.69) is 10.2 Å². The number of piperidine rings is 1. The zero-order valence-electron chi connectivity index (χ0n) is 20.5. The van der Waals surface area contributed by atoms with Gasteiger partial charge < -0.3 is 24.6 Å². The molecule has 0 saturated carbocycles. The van der Waals surface area contributed by atoms with Gasteiger partial charge in [-0.15, -0.1) is 0 Å². The Kier molecular flexibility index (Phi) is 8.19. The fraction of sp³-hybridized carbons (Fsp3) is 0.481. The van der Waals surface area contributed by atoms with Gasteiger partial charge in [0, 0.05) is 24.7 Å². The molecule has 1 unspecified atom stereocenters. The maximum Gasteiger partial charge on any atom is 0.407 e. The summed E-state index contributed by atoms with van der Waals surface area (Å²) >= 11 is 6.03. The number of likely N-dealkylation sites (tertiary alicyclic amines) is 2. The van der Waals surface area contributed by atoms with E-state index in [0.717, 1.165) is 68.7 Å². The Morgan fingerprint density at radius 1 is 1.03 bits per heavy atom. The quantitative estimate of drug-likeness (QED) is 0.572. The van der Waals surface area contributed by atoms with E-state index in [1.165, 1.54) is 7.11 Å². The highest BCUT2D eigenvalue weighted by molar-refractivity contribution is 6.30. The Labute approximate surface area is 212 Å².